The monoisotopic (exact) mass is 323 g/mol. The number of imide groups is 1. The molecule has 2 aromatic rings. The molecule has 1 aromatic carbocycles. The third-order valence-corrected chi connectivity index (χ3v) is 4.19. The first-order valence-corrected chi connectivity index (χ1v) is 7.43. The number of carbonyl (C=O) groups excluding carboxylic acids is 3. The minimum atomic E-state index is -0.934. The van der Waals surface area contributed by atoms with Crippen LogP contribution in [0.3, 0.4) is 0 Å². The Bertz CT molecular complexity index is 868. The van der Waals surface area contributed by atoms with Crippen molar-refractivity contribution in [3.63, 3.8) is 0 Å². The van der Waals surface area contributed by atoms with Crippen LogP contribution in [0, 0.1) is 12.8 Å². The van der Waals surface area contributed by atoms with E-state index >= 15 is 0 Å². The van der Waals surface area contributed by atoms with Crippen LogP contribution in [0.4, 0.5) is 5.69 Å². The Morgan fingerprint density at radius 3 is 2.58 bits per heavy atom. The quantitative estimate of drug-likeness (QED) is 0.679. The van der Waals surface area contributed by atoms with Gasteiger partial charge in [-0.2, -0.15) is 5.10 Å². The van der Waals surface area contributed by atoms with Gasteiger partial charge in [0.25, 0.3) is 5.91 Å². The van der Waals surface area contributed by atoms with Gasteiger partial charge in [-0.25, -0.2) is 4.90 Å². The number of benzene rings is 1. The fraction of sp³-hybridized carbons (Fsp3) is 0.176. The van der Waals surface area contributed by atoms with Crippen molar-refractivity contribution in [2.24, 2.45) is 11.0 Å². The van der Waals surface area contributed by atoms with Gasteiger partial charge in [-0.3, -0.25) is 19.8 Å². The van der Waals surface area contributed by atoms with Crippen LogP contribution in [-0.2, 0) is 9.59 Å². The van der Waals surface area contributed by atoms with Crippen molar-refractivity contribution in [3.8, 4) is 0 Å². The molecule has 2 amide bonds. The Balaban J connectivity index is 1.67. The average molecular weight is 323 g/mol. The number of aryl methyl sites for hydroxylation is 1. The maximum absolute atomic E-state index is 12.8. The Hall–Kier alpha value is -3.22. The fourth-order valence-corrected chi connectivity index (χ4v) is 2.96. The molecule has 2 atom stereocenters. The van der Waals surface area contributed by atoms with E-state index in [0.717, 1.165) is 10.5 Å². The number of hydrogen-bond acceptors (Lipinski definition) is 6. The first-order valence-electron chi connectivity index (χ1n) is 7.43. The molecule has 2 aliphatic heterocycles. The third-order valence-electron chi connectivity index (χ3n) is 4.19. The molecule has 1 aromatic heterocycles. The van der Waals surface area contributed by atoms with Crippen LogP contribution in [0.1, 0.15) is 16.1 Å². The summed E-state index contributed by atoms with van der Waals surface area (Å²) in [4.78, 5) is 38.9. The number of hydrazone groups is 1. The normalized spacial score (nSPS) is 22.4. The lowest BCUT2D eigenvalue weighted by Crippen LogP contribution is -2.36. The summed E-state index contributed by atoms with van der Waals surface area (Å²) in [6.07, 6.45) is 1.37. The zero-order valence-electron chi connectivity index (χ0n) is 12.7. The van der Waals surface area contributed by atoms with Gasteiger partial charge in [0.15, 0.2) is 5.76 Å². The molecule has 0 radical (unpaired) electrons. The van der Waals surface area contributed by atoms with Crippen molar-refractivity contribution in [3.05, 3.63) is 54.0 Å². The maximum Gasteiger partial charge on any atom is 0.259 e. The standard InChI is InChI=1S/C17H13N3O4/c1-9-4-6-10(7-5-9)20-16(22)12-13(18-19-14(12)17(20)23)15(21)11-3-2-8-24-11/h2-8,12,14,19H,1H3/t12-,14-/m0/s1. The van der Waals surface area contributed by atoms with Crippen molar-refractivity contribution in [2.45, 2.75) is 13.0 Å². The van der Waals surface area contributed by atoms with Crippen LogP contribution in [0.2, 0.25) is 0 Å². The number of Topliss-reactive ketones (excluding diaryl/α,β-unsaturated/α-hetero) is 1. The number of nitrogens with one attached hydrogen (secondary N) is 1. The molecule has 4 rings (SSSR count). The van der Waals surface area contributed by atoms with Crippen molar-refractivity contribution >= 4 is 29.0 Å². The summed E-state index contributed by atoms with van der Waals surface area (Å²) >= 11 is 0. The summed E-state index contributed by atoms with van der Waals surface area (Å²) in [6.45, 7) is 1.92. The van der Waals surface area contributed by atoms with Gasteiger partial charge in [0, 0.05) is 0 Å². The van der Waals surface area contributed by atoms with Gasteiger partial charge in [0.2, 0.25) is 11.7 Å². The van der Waals surface area contributed by atoms with Crippen LogP contribution < -0.4 is 10.3 Å². The Morgan fingerprint density at radius 1 is 1.17 bits per heavy atom. The molecule has 7 nitrogen and oxygen atoms in total. The maximum atomic E-state index is 12.8. The molecule has 7 heteroatoms. The number of ketones is 1. The van der Waals surface area contributed by atoms with E-state index in [1.54, 1.807) is 18.2 Å². The molecule has 1 saturated heterocycles. The molecule has 0 saturated carbocycles. The lowest BCUT2D eigenvalue weighted by Gasteiger charge is -2.15. The largest absolute Gasteiger partial charge is 0.461 e. The van der Waals surface area contributed by atoms with E-state index in [4.69, 9.17) is 4.42 Å². The van der Waals surface area contributed by atoms with Gasteiger partial charge in [0.1, 0.15) is 17.7 Å². The van der Waals surface area contributed by atoms with Crippen LogP contribution >= 0.6 is 0 Å². The number of anilines is 1. The highest BCUT2D eigenvalue weighted by Crippen LogP contribution is 2.31. The summed E-state index contributed by atoms with van der Waals surface area (Å²) in [5.74, 6) is -2.22. The molecule has 3 heterocycles. The molecule has 0 spiro atoms. The van der Waals surface area contributed by atoms with E-state index in [2.05, 4.69) is 10.5 Å². The molecular weight excluding hydrogens is 310 g/mol. The second-order valence-corrected chi connectivity index (χ2v) is 5.74. The Morgan fingerprint density at radius 2 is 1.92 bits per heavy atom. The van der Waals surface area contributed by atoms with E-state index in [0.29, 0.717) is 5.69 Å². The van der Waals surface area contributed by atoms with Crippen molar-refractivity contribution in [1.29, 1.82) is 0 Å². The number of rotatable bonds is 3. The highest BCUT2D eigenvalue weighted by molar-refractivity contribution is 6.52. The molecule has 120 valence electrons. The predicted molar refractivity (Wildman–Crippen MR) is 84.6 cm³/mol. The van der Waals surface area contributed by atoms with Crippen molar-refractivity contribution in [2.75, 3.05) is 4.90 Å². The number of nitrogens with zero attached hydrogens (tertiary/aromatic N) is 2. The van der Waals surface area contributed by atoms with E-state index in [-0.39, 0.29) is 11.5 Å². The van der Waals surface area contributed by atoms with Gasteiger partial charge in [-0.1, -0.05) is 17.7 Å². The van der Waals surface area contributed by atoms with Gasteiger partial charge in [-0.05, 0) is 31.2 Å². The molecule has 0 aliphatic carbocycles. The van der Waals surface area contributed by atoms with Crippen LogP contribution in [0.5, 0.6) is 0 Å². The molecule has 1 N–H and O–H groups in total. The second kappa shape index (κ2) is 5.16. The smallest absolute Gasteiger partial charge is 0.259 e. The minimum Gasteiger partial charge on any atom is -0.461 e. The van der Waals surface area contributed by atoms with Crippen LogP contribution in [0.15, 0.2) is 52.2 Å². The average Bonchev–Trinajstić information content (AvgIpc) is 3.29. The highest BCUT2D eigenvalue weighted by atomic mass is 16.3. The summed E-state index contributed by atoms with van der Waals surface area (Å²) in [5.41, 5.74) is 4.12. The second-order valence-electron chi connectivity index (χ2n) is 5.74. The van der Waals surface area contributed by atoms with Crippen molar-refractivity contribution < 1.29 is 18.8 Å². The first-order chi connectivity index (χ1) is 11.6. The molecule has 0 unspecified atom stereocenters. The van der Waals surface area contributed by atoms with Crippen molar-refractivity contribution in [1.82, 2.24) is 5.43 Å². The highest BCUT2D eigenvalue weighted by Gasteiger charge is 2.55. The number of fused-ring (bicyclic) bond motifs is 1. The van der Waals surface area contributed by atoms with Crippen LogP contribution in [-0.4, -0.2) is 29.4 Å². The molecule has 24 heavy (non-hydrogen) atoms. The molecular formula is C17H13N3O4. The van der Waals surface area contributed by atoms with E-state index in [1.165, 1.54) is 12.3 Å². The topological polar surface area (TPSA) is 92.0 Å². The molecule has 2 aliphatic rings. The minimum absolute atomic E-state index is 0.00270. The SMILES string of the molecule is Cc1ccc(N2C(=O)[C@H]3C(C(=O)c4ccco4)=NN[C@@H]3C2=O)cc1. The number of amides is 2. The first kappa shape index (κ1) is 14.4. The number of furan rings is 1. The third kappa shape index (κ3) is 1.98. The lowest BCUT2D eigenvalue weighted by molar-refractivity contribution is -0.122. The van der Waals surface area contributed by atoms with E-state index < -0.39 is 29.6 Å². The summed E-state index contributed by atoms with van der Waals surface area (Å²) < 4.78 is 5.07. The van der Waals surface area contributed by atoms with E-state index in [9.17, 15) is 14.4 Å². The fourth-order valence-electron chi connectivity index (χ4n) is 2.96. The summed E-state index contributed by atoms with van der Waals surface area (Å²) in [7, 11) is 0. The van der Waals surface area contributed by atoms with Gasteiger partial charge < -0.3 is 4.42 Å². The molecule has 0 bridgehead atoms. The molecule has 1 fully saturated rings. The van der Waals surface area contributed by atoms with Crippen LogP contribution in [0.25, 0.3) is 0 Å². The number of carbonyl (C=O) groups is 3. The predicted octanol–water partition coefficient (Wildman–Crippen LogP) is 1.29. The van der Waals surface area contributed by atoms with E-state index in [1.807, 2.05) is 19.1 Å². The number of hydrogen-bond donors (Lipinski definition) is 1. The summed E-state index contributed by atoms with van der Waals surface area (Å²) in [5, 5.41) is 3.91. The Labute approximate surface area is 136 Å². The Kier molecular flexibility index (Phi) is 3.09. The van der Waals surface area contributed by atoms with Gasteiger partial charge in [-0.15, -0.1) is 0 Å². The van der Waals surface area contributed by atoms with Gasteiger partial charge >= 0.3 is 0 Å². The zero-order chi connectivity index (χ0) is 16.8. The zero-order valence-corrected chi connectivity index (χ0v) is 12.7. The lowest BCUT2D eigenvalue weighted by atomic mass is 9.95. The summed E-state index contributed by atoms with van der Waals surface area (Å²) in [6, 6.07) is 9.27. The van der Waals surface area contributed by atoms with Gasteiger partial charge in [0.05, 0.1) is 12.0 Å².